The number of hydrogen-bond donors (Lipinski definition) is 0. The Morgan fingerprint density at radius 3 is 0.778 bits per heavy atom. The van der Waals surface area contributed by atoms with Crippen LogP contribution < -0.4 is 0 Å². The van der Waals surface area contributed by atoms with E-state index in [1.807, 2.05) is 93.5 Å². The Morgan fingerprint density at radius 2 is 0.778 bits per heavy atom. The zero-order chi connectivity index (χ0) is 16.2. The molecule has 0 aliphatic rings. The molecular formula is C18H40. The summed E-state index contributed by atoms with van der Waals surface area (Å²) in [5.74, 6) is 0. The van der Waals surface area contributed by atoms with E-state index in [9.17, 15) is 0 Å². The highest BCUT2D eigenvalue weighted by molar-refractivity contribution is 4.94. The Balaban J connectivity index is -0.0000000253. The van der Waals surface area contributed by atoms with Gasteiger partial charge < -0.3 is 0 Å². The maximum absolute atomic E-state index is 3.46. The summed E-state index contributed by atoms with van der Waals surface area (Å²) in [5, 5.41) is 0. The van der Waals surface area contributed by atoms with Crippen LogP contribution in [-0.4, -0.2) is 0 Å². The van der Waals surface area contributed by atoms with E-state index in [1.165, 1.54) is 0 Å². The smallest absolute Gasteiger partial charge is 0.0467 e. The van der Waals surface area contributed by atoms with Crippen LogP contribution in [0.4, 0.5) is 0 Å². The molecule has 0 atom stereocenters. The monoisotopic (exact) mass is 256 g/mol. The van der Waals surface area contributed by atoms with E-state index in [4.69, 9.17) is 0 Å². The zero-order valence-electron chi connectivity index (χ0n) is 14.9. The molecule has 0 aliphatic heterocycles. The molecule has 0 fully saturated rings. The molecule has 0 aromatic rings. The molecule has 0 nitrogen and oxygen atoms in total. The molecule has 0 spiro atoms. The molecule has 0 aliphatic carbocycles. The third-order valence-electron chi connectivity index (χ3n) is 0.662. The second-order valence-electron chi connectivity index (χ2n) is 1.84. The quantitative estimate of drug-likeness (QED) is 0.334. The van der Waals surface area contributed by atoms with Gasteiger partial charge in [0.15, 0.2) is 0 Å². The van der Waals surface area contributed by atoms with Crippen LogP contribution >= 0.6 is 0 Å². The highest BCUT2D eigenvalue weighted by atomic mass is 13.5. The minimum atomic E-state index is 1.75. The zero-order valence-corrected chi connectivity index (χ0v) is 14.9. The van der Waals surface area contributed by atoms with Gasteiger partial charge in [-0.2, -0.15) is 0 Å². The SMILES string of the molecule is C/C=C\C.C=C/C=C\C.C=CC.CC.CC.CC. The summed E-state index contributed by atoms with van der Waals surface area (Å²) in [4.78, 5) is 0. The Labute approximate surface area is 119 Å². The summed E-state index contributed by atoms with van der Waals surface area (Å²) >= 11 is 0. The number of hydrogen-bond acceptors (Lipinski definition) is 0. The van der Waals surface area contributed by atoms with Gasteiger partial charge in [0, 0.05) is 0 Å². The van der Waals surface area contributed by atoms with Gasteiger partial charge in [-0.3, -0.25) is 0 Å². The summed E-state index contributed by atoms with van der Waals surface area (Å²) in [6, 6.07) is 0. The van der Waals surface area contributed by atoms with Gasteiger partial charge in [-0.1, -0.05) is 84.6 Å². The number of allylic oxidation sites excluding steroid dienone is 6. The van der Waals surface area contributed by atoms with Gasteiger partial charge >= 0.3 is 0 Å². The van der Waals surface area contributed by atoms with E-state index in [0.29, 0.717) is 0 Å². The van der Waals surface area contributed by atoms with Crippen molar-refractivity contribution in [1.29, 1.82) is 0 Å². The molecule has 0 aromatic heterocycles. The van der Waals surface area contributed by atoms with Crippen molar-refractivity contribution in [3.05, 3.63) is 49.6 Å². The molecule has 112 valence electrons. The van der Waals surface area contributed by atoms with Gasteiger partial charge in [0.25, 0.3) is 0 Å². The molecule has 0 rings (SSSR count). The first kappa shape index (κ1) is 36.0. The highest BCUT2D eigenvalue weighted by Crippen LogP contribution is 1.64. The summed E-state index contributed by atoms with van der Waals surface area (Å²) < 4.78 is 0. The molecule has 0 heterocycles. The van der Waals surface area contributed by atoms with Crippen molar-refractivity contribution in [2.45, 2.75) is 69.2 Å². The third-order valence-corrected chi connectivity index (χ3v) is 0.662. The summed E-state index contributed by atoms with van der Waals surface area (Å²) in [7, 11) is 0. The van der Waals surface area contributed by atoms with Crippen LogP contribution in [0.1, 0.15) is 69.2 Å². The minimum absolute atomic E-state index is 1.75. The van der Waals surface area contributed by atoms with Crippen LogP contribution in [0, 0.1) is 0 Å². The Kier molecular flexibility index (Phi) is 290. The average Bonchev–Trinajstić information content (AvgIpc) is 2.47. The third kappa shape index (κ3) is 759. The maximum Gasteiger partial charge on any atom is -0.0467 e. The Morgan fingerprint density at radius 1 is 0.556 bits per heavy atom. The van der Waals surface area contributed by atoms with Crippen LogP contribution in [0.25, 0.3) is 0 Å². The van der Waals surface area contributed by atoms with Gasteiger partial charge in [-0.15, -0.1) is 6.58 Å². The lowest BCUT2D eigenvalue weighted by molar-refractivity contribution is 1.50. The van der Waals surface area contributed by atoms with E-state index in [-0.39, 0.29) is 0 Å². The van der Waals surface area contributed by atoms with Crippen molar-refractivity contribution in [2.24, 2.45) is 0 Å². The molecule has 0 unspecified atom stereocenters. The predicted molar refractivity (Wildman–Crippen MR) is 95.4 cm³/mol. The predicted octanol–water partition coefficient (Wildman–Crippen LogP) is 7.60. The highest BCUT2D eigenvalue weighted by Gasteiger charge is 1.42. The second kappa shape index (κ2) is 145. The van der Waals surface area contributed by atoms with E-state index in [2.05, 4.69) is 13.2 Å². The normalized spacial score (nSPS) is 6.33. The van der Waals surface area contributed by atoms with Gasteiger partial charge in [-0.05, 0) is 27.7 Å². The molecule has 0 N–H and O–H groups in total. The fourth-order valence-electron chi connectivity index (χ4n) is 0.136. The molecule has 0 bridgehead atoms. The van der Waals surface area contributed by atoms with Crippen molar-refractivity contribution in [3.8, 4) is 0 Å². The van der Waals surface area contributed by atoms with Crippen molar-refractivity contribution in [2.75, 3.05) is 0 Å². The van der Waals surface area contributed by atoms with Crippen LogP contribution in [-0.2, 0) is 0 Å². The molecular weight excluding hydrogens is 216 g/mol. The lowest BCUT2D eigenvalue weighted by Gasteiger charge is -1.56. The van der Waals surface area contributed by atoms with Crippen LogP contribution in [0.15, 0.2) is 49.6 Å². The first-order valence-electron chi connectivity index (χ1n) is 7.13. The number of rotatable bonds is 1. The lowest BCUT2D eigenvalue weighted by atomic mass is 10.5. The first-order chi connectivity index (χ1) is 8.74. The van der Waals surface area contributed by atoms with Gasteiger partial charge in [0.1, 0.15) is 0 Å². The van der Waals surface area contributed by atoms with E-state index >= 15 is 0 Å². The second-order valence-corrected chi connectivity index (χ2v) is 1.84. The van der Waals surface area contributed by atoms with Crippen LogP contribution in [0.5, 0.6) is 0 Å². The summed E-state index contributed by atoms with van der Waals surface area (Å²) in [5.41, 5.74) is 0. The van der Waals surface area contributed by atoms with Gasteiger partial charge in [0.05, 0.1) is 0 Å². The molecule has 0 heteroatoms. The fraction of sp³-hybridized carbons (Fsp3) is 0.556. The Bertz CT molecular complexity index is 112. The molecule has 0 radical (unpaired) electrons. The fourth-order valence-corrected chi connectivity index (χ4v) is 0.136. The van der Waals surface area contributed by atoms with Crippen molar-refractivity contribution in [1.82, 2.24) is 0 Å². The standard InChI is InChI=1S/C5H8.C4H8.C3H6.3C2H6/c1-3-5-4-2;1-3-4-2;1-3-2;3*1-2/h3-5H,1H2,2H3;3-4H,1-2H3;3H,1H2,2H3;3*1-2H3/b5-4-;4-3-;;;;. The van der Waals surface area contributed by atoms with E-state index in [0.717, 1.165) is 0 Å². The topological polar surface area (TPSA) is 0 Å². The molecule has 18 heavy (non-hydrogen) atoms. The van der Waals surface area contributed by atoms with Crippen molar-refractivity contribution < 1.29 is 0 Å². The molecule has 0 amide bonds. The summed E-state index contributed by atoms with van der Waals surface area (Å²) in [6.45, 7) is 26.7. The van der Waals surface area contributed by atoms with Gasteiger partial charge in [-0.25, -0.2) is 0 Å². The van der Waals surface area contributed by atoms with E-state index in [1.54, 1.807) is 12.2 Å². The molecule has 0 saturated heterocycles. The molecule has 0 saturated carbocycles. The largest absolute Gasteiger partial charge is 0.103 e. The molecule has 0 aromatic carbocycles. The van der Waals surface area contributed by atoms with E-state index < -0.39 is 0 Å². The average molecular weight is 257 g/mol. The maximum atomic E-state index is 3.46. The summed E-state index contributed by atoms with van der Waals surface area (Å²) in [6.07, 6.45) is 11.3. The minimum Gasteiger partial charge on any atom is -0.103 e. The Hall–Kier alpha value is -1.04. The van der Waals surface area contributed by atoms with Crippen LogP contribution in [0.2, 0.25) is 0 Å². The lowest BCUT2D eigenvalue weighted by Crippen LogP contribution is -1.33. The van der Waals surface area contributed by atoms with Crippen molar-refractivity contribution >= 4 is 0 Å². The van der Waals surface area contributed by atoms with Crippen LogP contribution in [0.3, 0.4) is 0 Å². The van der Waals surface area contributed by atoms with Gasteiger partial charge in [0.2, 0.25) is 0 Å². The first-order valence-corrected chi connectivity index (χ1v) is 7.13. The van der Waals surface area contributed by atoms with Crippen molar-refractivity contribution in [3.63, 3.8) is 0 Å².